The van der Waals surface area contributed by atoms with Gasteiger partial charge in [0, 0.05) is 9.86 Å². The summed E-state index contributed by atoms with van der Waals surface area (Å²) in [4.78, 5) is 0. The monoisotopic (exact) mass is 336 g/mol. The number of halogens is 2. The van der Waals surface area contributed by atoms with Gasteiger partial charge in [-0.15, -0.1) is 0 Å². The molecule has 4 heteroatoms. The number of aromatic nitrogens is 2. The Bertz CT molecular complexity index is 436. The lowest BCUT2D eigenvalue weighted by Gasteiger charge is -1.97. The van der Waals surface area contributed by atoms with Gasteiger partial charge in [-0.2, -0.15) is 5.10 Å². The first-order chi connectivity index (χ1) is 5.70. The Kier molecular flexibility index (Phi) is 2.12. The average molecular weight is 337 g/mol. The van der Waals surface area contributed by atoms with E-state index in [1.165, 1.54) is 10.9 Å². The summed E-state index contributed by atoms with van der Waals surface area (Å²) in [6, 6.07) is 4.12. The number of aromatic amines is 1. The van der Waals surface area contributed by atoms with E-state index < -0.39 is 0 Å². The summed E-state index contributed by atoms with van der Waals surface area (Å²) in [6.07, 6.45) is 0. The Balaban J connectivity index is 2.96. The van der Waals surface area contributed by atoms with Gasteiger partial charge in [0.05, 0.1) is 5.52 Å². The van der Waals surface area contributed by atoms with Crippen LogP contribution in [0.2, 0.25) is 0 Å². The first-order valence-corrected chi connectivity index (χ1v) is 5.36. The third-order valence-electron chi connectivity index (χ3n) is 1.82. The highest BCUT2D eigenvalue weighted by Gasteiger charge is 2.07. The van der Waals surface area contributed by atoms with Gasteiger partial charge in [-0.25, -0.2) is 0 Å². The number of rotatable bonds is 0. The van der Waals surface area contributed by atoms with Crippen LogP contribution in [0, 0.1) is 10.6 Å². The highest BCUT2D eigenvalue weighted by Crippen LogP contribution is 2.29. The third-order valence-corrected chi connectivity index (χ3v) is 3.62. The predicted molar refractivity (Wildman–Crippen MR) is 61.2 cm³/mol. The van der Waals surface area contributed by atoms with Crippen molar-refractivity contribution in [3.63, 3.8) is 0 Å². The number of benzene rings is 1. The number of aryl methyl sites for hydroxylation is 1. The molecule has 0 saturated heterocycles. The third kappa shape index (κ3) is 1.17. The molecule has 2 aromatic rings. The maximum atomic E-state index is 4.13. The molecule has 0 bridgehead atoms. The smallest absolute Gasteiger partial charge is 0.132 e. The zero-order valence-corrected chi connectivity index (χ0v) is 10.1. The Labute approximate surface area is 92.0 Å². The van der Waals surface area contributed by atoms with Crippen molar-refractivity contribution in [2.75, 3.05) is 0 Å². The summed E-state index contributed by atoms with van der Waals surface area (Å²) in [5.41, 5.74) is 2.32. The molecule has 0 fully saturated rings. The average Bonchev–Trinajstić information content (AvgIpc) is 2.41. The van der Waals surface area contributed by atoms with Gasteiger partial charge in [0.2, 0.25) is 0 Å². The van der Waals surface area contributed by atoms with Gasteiger partial charge in [0.25, 0.3) is 0 Å². The molecule has 0 aliphatic rings. The van der Waals surface area contributed by atoms with Crippen molar-refractivity contribution in [1.82, 2.24) is 10.2 Å². The Morgan fingerprint density at radius 1 is 1.50 bits per heavy atom. The van der Waals surface area contributed by atoms with Crippen molar-refractivity contribution in [2.45, 2.75) is 6.92 Å². The lowest BCUT2D eigenvalue weighted by atomic mass is 10.2. The van der Waals surface area contributed by atoms with Crippen molar-refractivity contribution < 1.29 is 0 Å². The number of nitrogens with zero attached hydrogens (tertiary/aromatic N) is 1. The molecule has 2 rings (SSSR count). The van der Waals surface area contributed by atoms with Crippen molar-refractivity contribution >= 4 is 49.4 Å². The first kappa shape index (κ1) is 8.50. The van der Waals surface area contributed by atoms with Crippen LogP contribution in [0.1, 0.15) is 5.56 Å². The summed E-state index contributed by atoms with van der Waals surface area (Å²) in [5.74, 6) is 0. The minimum Gasteiger partial charge on any atom is -0.277 e. The van der Waals surface area contributed by atoms with Crippen LogP contribution < -0.4 is 0 Å². The molecule has 0 radical (unpaired) electrons. The molecule has 0 aliphatic heterocycles. The second kappa shape index (κ2) is 2.99. The first-order valence-electron chi connectivity index (χ1n) is 3.49. The summed E-state index contributed by atoms with van der Waals surface area (Å²) < 4.78 is 2.15. The van der Waals surface area contributed by atoms with Gasteiger partial charge in [-0.1, -0.05) is 6.07 Å². The van der Waals surface area contributed by atoms with E-state index >= 15 is 0 Å². The van der Waals surface area contributed by atoms with Gasteiger partial charge >= 0.3 is 0 Å². The van der Waals surface area contributed by atoms with E-state index in [1.54, 1.807) is 0 Å². The van der Waals surface area contributed by atoms with Crippen molar-refractivity contribution in [1.29, 1.82) is 0 Å². The Hall–Kier alpha value is -0.1000. The van der Waals surface area contributed by atoms with Crippen molar-refractivity contribution in [2.24, 2.45) is 0 Å². The number of hydrogen-bond donors (Lipinski definition) is 1. The zero-order chi connectivity index (χ0) is 8.72. The van der Waals surface area contributed by atoms with Crippen LogP contribution in [0.25, 0.3) is 10.9 Å². The molecule has 0 aliphatic carbocycles. The van der Waals surface area contributed by atoms with Gasteiger partial charge in [-0.05, 0) is 57.1 Å². The molecule has 0 amide bonds. The lowest BCUT2D eigenvalue weighted by Crippen LogP contribution is -1.77. The van der Waals surface area contributed by atoms with E-state index in [0.717, 1.165) is 13.7 Å². The van der Waals surface area contributed by atoms with E-state index in [2.05, 4.69) is 61.7 Å². The normalized spacial score (nSPS) is 10.9. The summed E-state index contributed by atoms with van der Waals surface area (Å²) in [7, 11) is 0. The highest BCUT2D eigenvalue weighted by atomic mass is 127. The summed E-state index contributed by atoms with van der Waals surface area (Å²) in [5, 5.41) is 8.27. The van der Waals surface area contributed by atoms with E-state index in [0.29, 0.717) is 0 Å². The SMILES string of the molecule is Cc1ccc2[nH]nc(I)c2c1Br. The van der Waals surface area contributed by atoms with E-state index in [9.17, 15) is 0 Å². The van der Waals surface area contributed by atoms with Crippen LogP contribution in [0.4, 0.5) is 0 Å². The van der Waals surface area contributed by atoms with Gasteiger partial charge < -0.3 is 0 Å². The molecule has 2 nitrogen and oxygen atoms in total. The van der Waals surface area contributed by atoms with Crippen LogP contribution in [0.5, 0.6) is 0 Å². The number of hydrogen-bond acceptors (Lipinski definition) is 1. The highest BCUT2D eigenvalue weighted by molar-refractivity contribution is 14.1. The van der Waals surface area contributed by atoms with Gasteiger partial charge in [-0.3, -0.25) is 5.10 Å². The molecule has 1 aromatic heterocycles. The Morgan fingerprint density at radius 3 is 3.00 bits per heavy atom. The maximum absolute atomic E-state index is 4.13. The van der Waals surface area contributed by atoms with Crippen LogP contribution in [-0.4, -0.2) is 10.2 Å². The van der Waals surface area contributed by atoms with E-state index in [1.807, 2.05) is 6.07 Å². The quantitative estimate of drug-likeness (QED) is 0.735. The maximum Gasteiger partial charge on any atom is 0.132 e. The molecule has 1 N–H and O–H groups in total. The van der Waals surface area contributed by atoms with Crippen molar-refractivity contribution in [3.05, 3.63) is 25.9 Å². The molecule has 0 saturated carbocycles. The van der Waals surface area contributed by atoms with Crippen LogP contribution >= 0.6 is 38.5 Å². The molecule has 62 valence electrons. The van der Waals surface area contributed by atoms with Crippen molar-refractivity contribution in [3.8, 4) is 0 Å². The van der Waals surface area contributed by atoms with Gasteiger partial charge in [0.15, 0.2) is 0 Å². The summed E-state index contributed by atoms with van der Waals surface area (Å²) >= 11 is 5.77. The fraction of sp³-hybridized carbons (Fsp3) is 0.125. The molecule has 1 aromatic carbocycles. The lowest BCUT2D eigenvalue weighted by molar-refractivity contribution is 1.09. The second-order valence-electron chi connectivity index (χ2n) is 2.63. The fourth-order valence-corrected chi connectivity index (χ4v) is 2.73. The second-order valence-corrected chi connectivity index (χ2v) is 4.45. The molecule has 0 atom stereocenters. The zero-order valence-electron chi connectivity index (χ0n) is 6.36. The van der Waals surface area contributed by atoms with E-state index in [4.69, 9.17) is 0 Å². The number of H-pyrrole nitrogens is 1. The van der Waals surface area contributed by atoms with Crippen LogP contribution in [0.15, 0.2) is 16.6 Å². The van der Waals surface area contributed by atoms with Gasteiger partial charge in [0.1, 0.15) is 3.70 Å². The molecule has 0 unspecified atom stereocenters. The molecule has 12 heavy (non-hydrogen) atoms. The molecular weight excluding hydrogens is 331 g/mol. The predicted octanol–water partition coefficient (Wildman–Crippen LogP) is 3.24. The minimum atomic E-state index is 1.01. The molecular formula is C8H6BrIN2. The number of fused-ring (bicyclic) bond motifs is 1. The summed E-state index contributed by atoms with van der Waals surface area (Å²) in [6.45, 7) is 2.08. The molecule has 0 spiro atoms. The largest absolute Gasteiger partial charge is 0.277 e. The van der Waals surface area contributed by atoms with E-state index in [-0.39, 0.29) is 0 Å². The Morgan fingerprint density at radius 2 is 2.25 bits per heavy atom. The van der Waals surface area contributed by atoms with Crippen LogP contribution in [-0.2, 0) is 0 Å². The standard InChI is InChI=1S/C8H6BrIN2/c1-4-2-3-5-6(7(4)9)8(10)12-11-5/h2-3H,1H3,(H,11,12). The van der Waals surface area contributed by atoms with Crippen LogP contribution in [0.3, 0.4) is 0 Å². The topological polar surface area (TPSA) is 28.7 Å². The fourth-order valence-electron chi connectivity index (χ4n) is 1.14. The number of nitrogens with one attached hydrogen (secondary N) is 1. The minimum absolute atomic E-state index is 1.01. The molecule has 1 heterocycles.